The zero-order valence-corrected chi connectivity index (χ0v) is 12.6. The van der Waals surface area contributed by atoms with Crippen LogP contribution in [0.15, 0.2) is 0 Å². The molecule has 1 atom stereocenters. The molecule has 0 aromatic rings. The number of nitrogens with zero attached hydrogens (tertiary/aromatic N) is 1. The number of amides is 1. The molecule has 118 valence electrons. The van der Waals surface area contributed by atoms with E-state index < -0.39 is 36.4 Å². The second kappa shape index (κ2) is 8.01. The van der Waals surface area contributed by atoms with E-state index in [1.807, 2.05) is 0 Å². The summed E-state index contributed by atoms with van der Waals surface area (Å²) in [6.45, 7) is 6.61. The van der Waals surface area contributed by atoms with Crippen molar-refractivity contribution in [2.75, 3.05) is 20.2 Å². The lowest BCUT2D eigenvalue weighted by atomic mass is 10.1. The number of rotatable bonds is 6. The fourth-order valence-corrected chi connectivity index (χ4v) is 1.47. The van der Waals surface area contributed by atoms with E-state index in [1.54, 1.807) is 27.7 Å². The van der Waals surface area contributed by atoms with Gasteiger partial charge in [0.25, 0.3) is 0 Å². The van der Waals surface area contributed by atoms with Crippen LogP contribution >= 0.6 is 0 Å². The summed E-state index contributed by atoms with van der Waals surface area (Å²) in [5.41, 5.74) is -0.687. The standard InChI is InChI=1S/C13H23F2NO4/c1-6-19-11(17)9(7-10(14)15)8-16(5)12(18)20-13(2,3)4/h9-10H,6-8H2,1-5H3. The molecule has 0 fully saturated rings. The minimum atomic E-state index is -2.64. The highest BCUT2D eigenvalue weighted by Crippen LogP contribution is 2.16. The first-order valence-corrected chi connectivity index (χ1v) is 6.45. The number of hydrogen-bond acceptors (Lipinski definition) is 4. The molecule has 0 aliphatic carbocycles. The lowest BCUT2D eigenvalue weighted by Gasteiger charge is -2.26. The van der Waals surface area contributed by atoms with E-state index in [-0.39, 0.29) is 13.2 Å². The second-order valence-corrected chi connectivity index (χ2v) is 5.44. The fraction of sp³-hybridized carbons (Fsp3) is 0.846. The van der Waals surface area contributed by atoms with E-state index in [4.69, 9.17) is 9.47 Å². The van der Waals surface area contributed by atoms with Crippen molar-refractivity contribution < 1.29 is 27.8 Å². The van der Waals surface area contributed by atoms with Gasteiger partial charge in [0.2, 0.25) is 6.43 Å². The molecule has 0 saturated heterocycles. The Hall–Kier alpha value is -1.40. The van der Waals surface area contributed by atoms with Crippen LogP contribution in [0.25, 0.3) is 0 Å². The molecule has 5 nitrogen and oxygen atoms in total. The van der Waals surface area contributed by atoms with Crippen LogP contribution in [0.3, 0.4) is 0 Å². The lowest BCUT2D eigenvalue weighted by molar-refractivity contribution is -0.150. The quantitative estimate of drug-likeness (QED) is 0.707. The smallest absolute Gasteiger partial charge is 0.410 e. The molecule has 0 saturated carbocycles. The lowest BCUT2D eigenvalue weighted by Crippen LogP contribution is -2.39. The maximum atomic E-state index is 12.5. The van der Waals surface area contributed by atoms with E-state index >= 15 is 0 Å². The van der Waals surface area contributed by atoms with Gasteiger partial charge in [-0.1, -0.05) is 0 Å². The van der Waals surface area contributed by atoms with E-state index in [0.717, 1.165) is 4.90 Å². The van der Waals surface area contributed by atoms with Gasteiger partial charge in [0.15, 0.2) is 0 Å². The minimum absolute atomic E-state index is 0.106. The van der Waals surface area contributed by atoms with Gasteiger partial charge in [0, 0.05) is 20.0 Å². The number of halogens is 2. The predicted molar refractivity (Wildman–Crippen MR) is 69.6 cm³/mol. The monoisotopic (exact) mass is 295 g/mol. The Kier molecular flexibility index (Phi) is 7.45. The first-order chi connectivity index (χ1) is 9.06. The Morgan fingerprint density at radius 3 is 2.20 bits per heavy atom. The third kappa shape index (κ3) is 7.91. The van der Waals surface area contributed by atoms with E-state index in [2.05, 4.69) is 0 Å². The van der Waals surface area contributed by atoms with Crippen molar-refractivity contribution in [2.24, 2.45) is 5.92 Å². The van der Waals surface area contributed by atoms with Crippen molar-refractivity contribution >= 4 is 12.1 Å². The highest BCUT2D eigenvalue weighted by atomic mass is 19.3. The molecule has 0 aromatic heterocycles. The van der Waals surface area contributed by atoms with E-state index in [0.29, 0.717) is 0 Å². The highest BCUT2D eigenvalue weighted by molar-refractivity contribution is 5.74. The van der Waals surface area contributed by atoms with Gasteiger partial charge < -0.3 is 14.4 Å². The molecule has 0 rings (SSSR count). The molecule has 0 aromatic carbocycles. The number of esters is 1. The van der Waals surface area contributed by atoms with Crippen LogP contribution in [-0.4, -0.2) is 49.2 Å². The first-order valence-electron chi connectivity index (χ1n) is 6.45. The molecule has 0 aliphatic rings. The number of alkyl halides is 2. The van der Waals surface area contributed by atoms with Gasteiger partial charge in [0.1, 0.15) is 5.60 Å². The van der Waals surface area contributed by atoms with E-state index in [1.165, 1.54) is 7.05 Å². The highest BCUT2D eigenvalue weighted by Gasteiger charge is 2.28. The zero-order chi connectivity index (χ0) is 15.9. The number of carbonyl (C=O) groups excluding carboxylic acids is 2. The zero-order valence-electron chi connectivity index (χ0n) is 12.6. The average Bonchev–Trinajstić information content (AvgIpc) is 2.25. The molecule has 1 amide bonds. The Bertz CT molecular complexity index is 329. The van der Waals surface area contributed by atoms with Crippen LogP contribution < -0.4 is 0 Å². The third-order valence-electron chi connectivity index (χ3n) is 2.28. The summed E-state index contributed by atoms with van der Waals surface area (Å²) in [6, 6.07) is 0. The summed E-state index contributed by atoms with van der Waals surface area (Å²) in [4.78, 5) is 24.4. The van der Waals surface area contributed by atoms with Crippen molar-refractivity contribution in [1.82, 2.24) is 4.90 Å². The topological polar surface area (TPSA) is 55.8 Å². The molecule has 0 spiro atoms. The van der Waals surface area contributed by atoms with Crippen LogP contribution in [0.2, 0.25) is 0 Å². The maximum absolute atomic E-state index is 12.5. The normalized spacial score (nSPS) is 13.0. The van der Waals surface area contributed by atoms with Crippen molar-refractivity contribution in [1.29, 1.82) is 0 Å². The molecule has 0 heterocycles. The van der Waals surface area contributed by atoms with Crippen molar-refractivity contribution in [3.63, 3.8) is 0 Å². The van der Waals surface area contributed by atoms with Crippen molar-refractivity contribution in [3.05, 3.63) is 0 Å². The second-order valence-electron chi connectivity index (χ2n) is 5.44. The van der Waals surface area contributed by atoms with Crippen LogP contribution in [0.1, 0.15) is 34.1 Å². The van der Waals surface area contributed by atoms with Gasteiger partial charge >= 0.3 is 12.1 Å². The minimum Gasteiger partial charge on any atom is -0.466 e. The summed E-state index contributed by atoms with van der Waals surface area (Å²) in [6.07, 6.45) is -3.95. The summed E-state index contributed by atoms with van der Waals surface area (Å²) in [5, 5.41) is 0. The van der Waals surface area contributed by atoms with Gasteiger partial charge in [-0.2, -0.15) is 0 Å². The summed E-state index contributed by atoms with van der Waals surface area (Å²) in [5.74, 6) is -1.80. The number of ether oxygens (including phenoxy) is 2. The van der Waals surface area contributed by atoms with Gasteiger partial charge in [0.05, 0.1) is 12.5 Å². The molecule has 0 bridgehead atoms. The molecule has 0 N–H and O–H groups in total. The molecule has 20 heavy (non-hydrogen) atoms. The van der Waals surface area contributed by atoms with E-state index in [9.17, 15) is 18.4 Å². The number of hydrogen-bond donors (Lipinski definition) is 0. The summed E-state index contributed by atoms with van der Waals surface area (Å²) < 4.78 is 34.8. The summed E-state index contributed by atoms with van der Waals surface area (Å²) >= 11 is 0. The molecule has 0 aliphatic heterocycles. The molecular weight excluding hydrogens is 272 g/mol. The third-order valence-corrected chi connectivity index (χ3v) is 2.28. The Balaban J connectivity index is 4.63. The SMILES string of the molecule is CCOC(=O)C(CC(F)F)CN(C)C(=O)OC(C)(C)C. The van der Waals surface area contributed by atoms with Gasteiger partial charge in [-0.05, 0) is 27.7 Å². The van der Waals surface area contributed by atoms with Crippen LogP contribution in [0.4, 0.5) is 13.6 Å². The molecule has 7 heteroatoms. The Morgan fingerprint density at radius 1 is 1.25 bits per heavy atom. The Labute approximate surface area is 118 Å². The molecule has 0 radical (unpaired) electrons. The van der Waals surface area contributed by atoms with Crippen LogP contribution in [0.5, 0.6) is 0 Å². The van der Waals surface area contributed by atoms with Gasteiger partial charge in [-0.15, -0.1) is 0 Å². The van der Waals surface area contributed by atoms with Gasteiger partial charge in [-0.25, -0.2) is 13.6 Å². The maximum Gasteiger partial charge on any atom is 0.410 e. The van der Waals surface area contributed by atoms with Crippen LogP contribution in [0, 0.1) is 5.92 Å². The largest absolute Gasteiger partial charge is 0.466 e. The first kappa shape index (κ1) is 18.6. The average molecular weight is 295 g/mol. The molecular formula is C13H23F2NO4. The van der Waals surface area contributed by atoms with Gasteiger partial charge in [-0.3, -0.25) is 4.79 Å². The Morgan fingerprint density at radius 2 is 1.80 bits per heavy atom. The molecule has 1 unspecified atom stereocenters. The number of carbonyl (C=O) groups is 2. The predicted octanol–water partition coefficient (Wildman–Crippen LogP) is 2.69. The summed E-state index contributed by atoms with van der Waals surface area (Å²) in [7, 11) is 1.39. The van der Waals surface area contributed by atoms with Crippen molar-refractivity contribution in [3.8, 4) is 0 Å². The van der Waals surface area contributed by atoms with Crippen molar-refractivity contribution in [2.45, 2.75) is 46.1 Å². The van der Waals surface area contributed by atoms with Crippen LogP contribution in [-0.2, 0) is 14.3 Å². The fourth-order valence-electron chi connectivity index (χ4n) is 1.47.